The largest absolute Gasteiger partial charge is 0.484 e. The maximum atomic E-state index is 6.88. The molecule has 0 amide bonds. The summed E-state index contributed by atoms with van der Waals surface area (Å²) in [5, 5.41) is 0.943. The number of furan rings is 1. The Morgan fingerprint density at radius 1 is 0.500 bits per heavy atom. The van der Waals surface area contributed by atoms with Gasteiger partial charge in [0.05, 0.1) is 5.92 Å². The van der Waals surface area contributed by atoms with Gasteiger partial charge >= 0.3 is 0 Å². The number of fused-ring (bicyclic) bond motifs is 6. The van der Waals surface area contributed by atoms with E-state index in [4.69, 9.17) is 34.1 Å². The predicted molar refractivity (Wildman–Crippen MR) is 221 cm³/mol. The molecule has 6 aromatic carbocycles. The van der Waals surface area contributed by atoms with Gasteiger partial charge in [-0.25, -0.2) is 24.9 Å². The molecule has 0 saturated heterocycles. The zero-order valence-electron chi connectivity index (χ0n) is 30.0. The lowest BCUT2D eigenvalue weighted by atomic mass is 9.86. The van der Waals surface area contributed by atoms with Gasteiger partial charge in [0.2, 0.25) is 0 Å². The van der Waals surface area contributed by atoms with Crippen molar-refractivity contribution in [3.8, 4) is 62.3 Å². The van der Waals surface area contributed by atoms with Gasteiger partial charge in [-0.15, -0.1) is 0 Å². The standard InChI is InChI=1S/C49H31N5O2/c1-4-15-30(16-5-1)33-21-12-22-34(29-33)42-45-43(35-23-10-11-27-39(35)55-45)51-49(50-42)38-26-13-24-36-41-37(25-14-28-40(41)56-44(36)38)48-53-46(31-17-6-2-7-18-31)52-47(54-48)32-19-8-3-9-20-32/h1-29,38,44H. The van der Waals surface area contributed by atoms with Crippen molar-refractivity contribution in [3.63, 3.8) is 0 Å². The van der Waals surface area contributed by atoms with E-state index in [9.17, 15) is 0 Å². The molecule has 3 aromatic heterocycles. The maximum absolute atomic E-state index is 6.88. The highest BCUT2D eigenvalue weighted by Gasteiger charge is 2.40. The molecule has 56 heavy (non-hydrogen) atoms. The summed E-state index contributed by atoms with van der Waals surface area (Å²) in [4.78, 5) is 25.6. The number of hydrogen-bond acceptors (Lipinski definition) is 7. The summed E-state index contributed by atoms with van der Waals surface area (Å²) >= 11 is 0. The average molecular weight is 722 g/mol. The Morgan fingerprint density at radius 3 is 1.88 bits per heavy atom. The maximum Gasteiger partial charge on any atom is 0.180 e. The highest BCUT2D eigenvalue weighted by molar-refractivity contribution is 6.06. The van der Waals surface area contributed by atoms with Crippen LogP contribution in [0.25, 0.3) is 84.2 Å². The topological polar surface area (TPSA) is 86.8 Å². The first-order chi connectivity index (χ1) is 27.7. The highest BCUT2D eigenvalue weighted by atomic mass is 16.5. The Morgan fingerprint density at radius 2 is 1.12 bits per heavy atom. The number of ether oxygens (including phenoxy) is 1. The fourth-order valence-corrected chi connectivity index (χ4v) is 7.86. The van der Waals surface area contributed by atoms with Gasteiger partial charge in [0.15, 0.2) is 23.1 Å². The van der Waals surface area contributed by atoms with Gasteiger partial charge in [-0.3, -0.25) is 0 Å². The summed E-state index contributed by atoms with van der Waals surface area (Å²) in [7, 11) is 0. The Balaban J connectivity index is 1.04. The number of rotatable bonds is 6. The molecule has 0 fully saturated rings. The minimum absolute atomic E-state index is 0.289. The van der Waals surface area contributed by atoms with Crippen molar-refractivity contribution in [2.75, 3.05) is 0 Å². The van der Waals surface area contributed by atoms with Crippen LogP contribution in [0.15, 0.2) is 180 Å². The first-order valence-electron chi connectivity index (χ1n) is 18.7. The molecule has 0 radical (unpaired) electrons. The zero-order valence-corrected chi connectivity index (χ0v) is 30.0. The average Bonchev–Trinajstić information content (AvgIpc) is 3.86. The van der Waals surface area contributed by atoms with Crippen LogP contribution in [0.5, 0.6) is 5.75 Å². The molecule has 264 valence electrons. The van der Waals surface area contributed by atoms with Crippen molar-refractivity contribution in [2.45, 2.75) is 12.0 Å². The summed E-state index contributed by atoms with van der Waals surface area (Å²) in [5.41, 5.74) is 10.8. The van der Waals surface area contributed by atoms with Gasteiger partial charge in [0.1, 0.15) is 34.5 Å². The molecule has 2 unspecified atom stereocenters. The van der Waals surface area contributed by atoms with Crippen molar-refractivity contribution >= 4 is 27.6 Å². The number of nitrogens with zero attached hydrogens (tertiary/aromatic N) is 5. The molecule has 7 nitrogen and oxygen atoms in total. The van der Waals surface area contributed by atoms with E-state index in [-0.39, 0.29) is 12.0 Å². The second-order valence-corrected chi connectivity index (χ2v) is 13.9. The van der Waals surface area contributed by atoms with Gasteiger partial charge in [-0.1, -0.05) is 152 Å². The molecule has 1 aliphatic heterocycles. The van der Waals surface area contributed by atoms with Crippen LogP contribution in [0, 0.1) is 0 Å². The lowest BCUT2D eigenvalue weighted by Gasteiger charge is -2.23. The Hall–Kier alpha value is -7.51. The van der Waals surface area contributed by atoms with Crippen LogP contribution in [-0.4, -0.2) is 31.0 Å². The van der Waals surface area contributed by atoms with E-state index in [0.717, 1.165) is 72.4 Å². The molecule has 2 aliphatic rings. The van der Waals surface area contributed by atoms with Gasteiger partial charge in [-0.2, -0.15) is 0 Å². The molecule has 4 heterocycles. The summed E-state index contributed by atoms with van der Waals surface area (Å²) in [6, 6.07) is 53.0. The van der Waals surface area contributed by atoms with Crippen LogP contribution in [-0.2, 0) is 0 Å². The van der Waals surface area contributed by atoms with Gasteiger partial charge in [0.25, 0.3) is 0 Å². The number of allylic oxidation sites excluding steroid dienone is 2. The predicted octanol–water partition coefficient (Wildman–Crippen LogP) is 11.4. The number of benzene rings is 6. The molecule has 0 saturated carbocycles. The number of aromatic nitrogens is 5. The number of hydrogen-bond donors (Lipinski definition) is 0. The van der Waals surface area contributed by atoms with Crippen LogP contribution < -0.4 is 4.74 Å². The number of para-hydroxylation sites is 1. The fourth-order valence-electron chi connectivity index (χ4n) is 7.86. The van der Waals surface area contributed by atoms with E-state index >= 15 is 0 Å². The summed E-state index contributed by atoms with van der Waals surface area (Å²) in [5.74, 6) is 2.92. The second kappa shape index (κ2) is 13.1. The Kier molecular flexibility index (Phi) is 7.48. The smallest absolute Gasteiger partial charge is 0.180 e. The van der Waals surface area contributed by atoms with E-state index in [1.54, 1.807) is 0 Å². The highest BCUT2D eigenvalue weighted by Crippen LogP contribution is 2.49. The fraction of sp³-hybridized carbons (Fsp3) is 0.0408. The van der Waals surface area contributed by atoms with Gasteiger partial charge in [0, 0.05) is 38.8 Å². The minimum atomic E-state index is -0.376. The van der Waals surface area contributed by atoms with Crippen molar-refractivity contribution in [1.29, 1.82) is 0 Å². The lowest BCUT2D eigenvalue weighted by molar-refractivity contribution is 0.254. The molecule has 7 heteroatoms. The van der Waals surface area contributed by atoms with Crippen molar-refractivity contribution in [2.24, 2.45) is 0 Å². The van der Waals surface area contributed by atoms with E-state index in [0.29, 0.717) is 28.9 Å². The first kappa shape index (κ1) is 32.0. The van der Waals surface area contributed by atoms with E-state index in [1.165, 1.54) is 0 Å². The van der Waals surface area contributed by atoms with Crippen LogP contribution in [0.2, 0.25) is 0 Å². The van der Waals surface area contributed by atoms with Crippen molar-refractivity contribution in [1.82, 2.24) is 24.9 Å². The summed E-state index contributed by atoms with van der Waals surface area (Å²) in [6.07, 6.45) is 5.97. The third kappa shape index (κ3) is 5.40. The third-order valence-corrected chi connectivity index (χ3v) is 10.5. The quantitative estimate of drug-likeness (QED) is 0.169. The molecule has 11 rings (SSSR count). The molecule has 0 spiro atoms. The van der Waals surface area contributed by atoms with E-state index < -0.39 is 0 Å². The summed E-state index contributed by atoms with van der Waals surface area (Å²) < 4.78 is 13.4. The van der Waals surface area contributed by atoms with Crippen LogP contribution >= 0.6 is 0 Å². The monoisotopic (exact) mass is 721 g/mol. The Labute approximate surface area is 322 Å². The van der Waals surface area contributed by atoms with Crippen LogP contribution in [0.4, 0.5) is 0 Å². The lowest BCUT2D eigenvalue weighted by Crippen LogP contribution is -2.25. The third-order valence-electron chi connectivity index (χ3n) is 10.5. The van der Waals surface area contributed by atoms with Gasteiger partial charge in [-0.05, 0) is 35.4 Å². The van der Waals surface area contributed by atoms with Crippen molar-refractivity contribution < 1.29 is 9.15 Å². The van der Waals surface area contributed by atoms with Gasteiger partial charge < -0.3 is 9.15 Å². The van der Waals surface area contributed by atoms with Crippen LogP contribution in [0.1, 0.15) is 17.3 Å². The molecule has 9 aromatic rings. The van der Waals surface area contributed by atoms with Crippen molar-refractivity contribution in [3.05, 3.63) is 187 Å². The molecule has 0 bridgehead atoms. The molecular formula is C49H31N5O2. The van der Waals surface area contributed by atoms with Crippen LogP contribution in [0.3, 0.4) is 0 Å². The van der Waals surface area contributed by atoms with E-state index in [1.807, 2.05) is 97.1 Å². The van der Waals surface area contributed by atoms with E-state index in [2.05, 4.69) is 78.9 Å². The molecule has 0 N–H and O–H groups in total. The molecule has 2 atom stereocenters. The Bertz CT molecular complexity index is 2950. The first-order valence-corrected chi connectivity index (χ1v) is 18.7. The zero-order chi connectivity index (χ0) is 37.0. The summed E-state index contributed by atoms with van der Waals surface area (Å²) in [6.45, 7) is 0. The normalized spacial score (nSPS) is 15.7. The molecule has 1 aliphatic carbocycles. The second-order valence-electron chi connectivity index (χ2n) is 13.9. The SMILES string of the molecule is C1=CC(c2nc(-c3cccc(-c4ccccc4)c3)c3oc4ccccc4c3n2)C2Oc3cccc(-c4nc(-c5ccccc5)nc(-c5ccccc5)n4)c3C2=C1. The molecular weight excluding hydrogens is 691 g/mol. The minimum Gasteiger partial charge on any atom is -0.484 e.